The molecule has 0 saturated heterocycles. The Bertz CT molecular complexity index is 227. The molecule has 0 amide bonds. The average Bonchev–Trinajstić information content (AvgIpc) is 1.84. The van der Waals surface area contributed by atoms with Gasteiger partial charge in [0.25, 0.3) is 0 Å². The molecule has 0 rings (SSSR count). The van der Waals surface area contributed by atoms with E-state index in [2.05, 4.69) is 0 Å². The Hall–Kier alpha value is -0.700. The van der Waals surface area contributed by atoms with E-state index in [1.54, 1.807) is 0 Å². The van der Waals surface area contributed by atoms with E-state index in [0.29, 0.717) is 6.42 Å². The summed E-state index contributed by atoms with van der Waals surface area (Å²) in [5, 5.41) is 8.19. The van der Waals surface area contributed by atoms with Gasteiger partial charge in [-0.2, -0.15) is 8.42 Å². The third kappa shape index (κ3) is 24.6. The first kappa shape index (κ1) is 14.8. The summed E-state index contributed by atoms with van der Waals surface area (Å²) in [6.07, 6.45) is 1.39. The first-order valence-electron chi connectivity index (χ1n) is 3.36. The van der Waals surface area contributed by atoms with Gasteiger partial charge in [-0.25, -0.2) is 0 Å². The van der Waals surface area contributed by atoms with Crippen LogP contribution >= 0.6 is 0 Å². The Morgan fingerprint density at radius 3 is 1.85 bits per heavy atom. The molecule has 0 aliphatic heterocycles. The summed E-state index contributed by atoms with van der Waals surface area (Å²) in [5.74, 6) is -0.910. The van der Waals surface area contributed by atoms with Crippen LogP contribution in [0.2, 0.25) is 0 Å². The van der Waals surface area contributed by atoms with E-state index in [4.69, 9.17) is 28.4 Å². The van der Waals surface area contributed by atoms with Crippen molar-refractivity contribution in [1.29, 1.82) is 0 Å². The van der Waals surface area contributed by atoms with Crippen molar-refractivity contribution < 1.29 is 27.4 Å². The second kappa shape index (κ2) is 6.78. The van der Waals surface area contributed by atoms with E-state index in [9.17, 15) is 4.79 Å². The van der Waals surface area contributed by atoms with E-state index in [-0.39, 0.29) is 0 Å². The number of aliphatic carboxylic acids is 1. The van der Waals surface area contributed by atoms with Gasteiger partial charge < -0.3 is 10.8 Å². The van der Waals surface area contributed by atoms with E-state index < -0.39 is 22.4 Å². The molecule has 0 bridgehead atoms. The molecule has 0 aliphatic rings. The summed E-state index contributed by atoms with van der Waals surface area (Å²) >= 11 is 0. The fraction of sp³-hybridized carbons (Fsp3) is 0.800. The minimum absolute atomic E-state index is 0.565. The first-order valence-corrected chi connectivity index (χ1v) is 4.76. The average molecular weight is 215 g/mol. The van der Waals surface area contributed by atoms with Gasteiger partial charge in [0, 0.05) is 0 Å². The Balaban J connectivity index is 0. The van der Waals surface area contributed by atoms with Gasteiger partial charge in [-0.05, 0) is 6.42 Å². The maximum Gasteiger partial charge on any atom is 0.394 e. The number of hydrogen-bond acceptors (Lipinski definition) is 4. The number of carboxylic acids is 1. The smallest absolute Gasteiger partial charge is 0.394 e. The van der Waals surface area contributed by atoms with E-state index >= 15 is 0 Å². The van der Waals surface area contributed by atoms with Crippen LogP contribution < -0.4 is 5.73 Å². The summed E-state index contributed by atoms with van der Waals surface area (Å²) in [5.41, 5.74) is 5.13. The Morgan fingerprint density at radius 1 is 1.46 bits per heavy atom. The second-order valence-electron chi connectivity index (χ2n) is 2.18. The highest BCUT2D eigenvalue weighted by atomic mass is 32.3. The summed E-state index contributed by atoms with van der Waals surface area (Å²) in [4.78, 5) is 9.96. The maximum absolute atomic E-state index is 9.96. The number of carboxylic acid groups (broad SMARTS) is 1. The second-order valence-corrected chi connectivity index (χ2v) is 3.08. The lowest BCUT2D eigenvalue weighted by Crippen LogP contribution is -2.29. The molecule has 0 aromatic heterocycles. The minimum Gasteiger partial charge on any atom is -0.480 e. The number of rotatable bonds is 3. The molecule has 7 nitrogen and oxygen atoms in total. The highest BCUT2D eigenvalue weighted by molar-refractivity contribution is 7.79. The normalized spacial score (nSPS) is 12.6. The predicted molar refractivity (Wildman–Crippen MR) is 44.7 cm³/mol. The summed E-state index contributed by atoms with van der Waals surface area (Å²) in [6, 6.07) is -0.667. The van der Waals surface area contributed by atoms with Crippen molar-refractivity contribution in [2.75, 3.05) is 0 Å². The zero-order valence-corrected chi connectivity index (χ0v) is 7.86. The molecule has 1 atom stereocenters. The standard InChI is InChI=1S/C5H11NO2.H2O4S/c1-2-3-4(6)5(7)8;1-5(2,3)4/h4H,2-3,6H2,1H3,(H,7,8);(H2,1,2,3,4)/t4-;/m0./s1. The quantitative estimate of drug-likeness (QED) is 0.467. The molecule has 0 aliphatic carbocycles. The van der Waals surface area contributed by atoms with Crippen LogP contribution in [0.1, 0.15) is 19.8 Å². The molecular formula is C5H13NO6S. The van der Waals surface area contributed by atoms with Crippen LogP contribution in [-0.4, -0.2) is 34.6 Å². The molecule has 5 N–H and O–H groups in total. The van der Waals surface area contributed by atoms with Crippen molar-refractivity contribution in [1.82, 2.24) is 0 Å². The van der Waals surface area contributed by atoms with Gasteiger partial charge in [0.15, 0.2) is 0 Å². The highest BCUT2D eigenvalue weighted by Crippen LogP contribution is 1.91. The van der Waals surface area contributed by atoms with Gasteiger partial charge in [-0.15, -0.1) is 0 Å². The lowest BCUT2D eigenvalue weighted by Gasteiger charge is -2.00. The van der Waals surface area contributed by atoms with Crippen molar-refractivity contribution in [3.63, 3.8) is 0 Å². The zero-order chi connectivity index (χ0) is 11.1. The van der Waals surface area contributed by atoms with E-state index in [1.807, 2.05) is 6.92 Å². The molecule has 0 saturated carbocycles. The van der Waals surface area contributed by atoms with Gasteiger partial charge in [0.2, 0.25) is 0 Å². The third-order valence-electron chi connectivity index (χ3n) is 0.917. The van der Waals surface area contributed by atoms with Crippen molar-refractivity contribution >= 4 is 16.4 Å². The number of carbonyl (C=O) groups is 1. The molecule has 0 heterocycles. The third-order valence-corrected chi connectivity index (χ3v) is 0.917. The van der Waals surface area contributed by atoms with Crippen LogP contribution in [0.5, 0.6) is 0 Å². The van der Waals surface area contributed by atoms with Crippen LogP contribution in [-0.2, 0) is 15.2 Å². The fourth-order valence-electron chi connectivity index (χ4n) is 0.434. The first-order chi connectivity index (χ1) is 5.68. The molecule has 13 heavy (non-hydrogen) atoms. The molecule has 0 unspecified atom stereocenters. The maximum atomic E-state index is 9.96. The summed E-state index contributed by atoms with van der Waals surface area (Å²) in [7, 11) is -4.67. The van der Waals surface area contributed by atoms with E-state index in [1.165, 1.54) is 0 Å². The molecule has 0 radical (unpaired) electrons. The topological polar surface area (TPSA) is 138 Å². The lowest BCUT2D eigenvalue weighted by molar-refractivity contribution is -0.138. The van der Waals surface area contributed by atoms with Crippen LogP contribution in [0.4, 0.5) is 0 Å². The Morgan fingerprint density at radius 2 is 1.77 bits per heavy atom. The van der Waals surface area contributed by atoms with Gasteiger partial charge in [-0.1, -0.05) is 13.3 Å². The van der Waals surface area contributed by atoms with Crippen LogP contribution in [0.15, 0.2) is 0 Å². The molecule has 80 valence electrons. The van der Waals surface area contributed by atoms with Crippen molar-refractivity contribution in [3.8, 4) is 0 Å². The zero-order valence-electron chi connectivity index (χ0n) is 7.04. The largest absolute Gasteiger partial charge is 0.480 e. The summed E-state index contributed by atoms with van der Waals surface area (Å²) in [6.45, 7) is 1.91. The minimum atomic E-state index is -4.67. The Labute approximate surface area is 76.1 Å². The van der Waals surface area contributed by atoms with Gasteiger partial charge >= 0.3 is 16.4 Å². The molecule has 8 heteroatoms. The lowest BCUT2D eigenvalue weighted by atomic mass is 10.2. The SMILES string of the molecule is CCC[C@H](N)C(=O)O.O=S(=O)(O)O. The predicted octanol–water partition coefficient (Wildman–Crippen LogP) is -0.454. The molecule has 0 fully saturated rings. The van der Waals surface area contributed by atoms with Crippen LogP contribution in [0.3, 0.4) is 0 Å². The molecular weight excluding hydrogens is 202 g/mol. The molecule has 0 aromatic rings. The monoisotopic (exact) mass is 215 g/mol. The fourth-order valence-corrected chi connectivity index (χ4v) is 0.434. The number of hydrogen-bond donors (Lipinski definition) is 4. The number of nitrogens with two attached hydrogens (primary N) is 1. The van der Waals surface area contributed by atoms with Crippen LogP contribution in [0.25, 0.3) is 0 Å². The van der Waals surface area contributed by atoms with Crippen molar-refractivity contribution in [3.05, 3.63) is 0 Å². The Kier molecular flexibility index (Phi) is 7.72. The van der Waals surface area contributed by atoms with Crippen molar-refractivity contribution in [2.45, 2.75) is 25.8 Å². The molecule has 0 aromatic carbocycles. The van der Waals surface area contributed by atoms with Crippen molar-refractivity contribution in [2.24, 2.45) is 5.73 Å². The van der Waals surface area contributed by atoms with E-state index in [0.717, 1.165) is 6.42 Å². The van der Waals surface area contributed by atoms with Crippen LogP contribution in [0, 0.1) is 0 Å². The van der Waals surface area contributed by atoms with Gasteiger partial charge in [-0.3, -0.25) is 13.9 Å². The van der Waals surface area contributed by atoms with Gasteiger partial charge in [0.1, 0.15) is 6.04 Å². The highest BCUT2D eigenvalue weighted by Gasteiger charge is 2.07. The summed E-state index contributed by atoms with van der Waals surface area (Å²) < 4.78 is 31.6. The molecule has 0 spiro atoms. The van der Waals surface area contributed by atoms with Gasteiger partial charge in [0.05, 0.1) is 0 Å².